The lowest BCUT2D eigenvalue weighted by Gasteiger charge is -2.13. The lowest BCUT2D eigenvalue weighted by atomic mass is 10.3. The van der Waals surface area contributed by atoms with Gasteiger partial charge in [0.1, 0.15) is 15.7 Å². The molecular weight excluding hydrogens is 386 g/mol. The van der Waals surface area contributed by atoms with Gasteiger partial charge in [0.15, 0.2) is 0 Å². The van der Waals surface area contributed by atoms with Crippen molar-refractivity contribution in [2.45, 2.75) is 25.3 Å². The highest BCUT2D eigenvalue weighted by atomic mass is 32.2. The van der Waals surface area contributed by atoms with Crippen molar-refractivity contribution in [1.29, 1.82) is 0 Å². The lowest BCUT2D eigenvalue weighted by Crippen LogP contribution is -2.24. The first-order valence-electron chi connectivity index (χ1n) is 8.27. The fraction of sp³-hybridized carbons (Fsp3) is 0.222. The smallest absolute Gasteiger partial charge is 0.244 e. The molecule has 2 aromatic carbocycles. The predicted octanol–water partition coefficient (Wildman–Crippen LogP) is 3.13. The van der Waals surface area contributed by atoms with E-state index in [2.05, 4.69) is 15.0 Å². The van der Waals surface area contributed by atoms with E-state index in [1.807, 2.05) is 24.3 Å². The zero-order valence-corrected chi connectivity index (χ0v) is 16.5. The number of benzene rings is 2. The molecule has 2 N–H and O–H groups in total. The molecule has 3 rings (SSSR count). The molecule has 3 aromatic rings. The Labute approximate surface area is 161 Å². The highest BCUT2D eigenvalue weighted by Gasteiger charge is 2.21. The van der Waals surface area contributed by atoms with Gasteiger partial charge in [-0.1, -0.05) is 12.1 Å². The van der Waals surface area contributed by atoms with Gasteiger partial charge in [0.25, 0.3) is 0 Å². The number of carbonyl (C=O) groups excluding carboxylic acids is 1. The molecule has 0 fully saturated rings. The van der Waals surface area contributed by atoms with Crippen LogP contribution in [0.5, 0.6) is 5.75 Å². The fourth-order valence-electron chi connectivity index (χ4n) is 2.50. The van der Waals surface area contributed by atoms with Gasteiger partial charge < -0.3 is 10.1 Å². The van der Waals surface area contributed by atoms with Crippen LogP contribution < -0.4 is 14.8 Å². The van der Waals surface area contributed by atoms with E-state index < -0.39 is 10.0 Å². The van der Waals surface area contributed by atoms with Gasteiger partial charge in [-0.15, -0.1) is 11.3 Å². The summed E-state index contributed by atoms with van der Waals surface area (Å²) in [7, 11) is -3.87. The molecule has 1 aromatic heterocycles. The highest BCUT2D eigenvalue weighted by molar-refractivity contribution is 7.89. The molecule has 0 aliphatic heterocycles. The van der Waals surface area contributed by atoms with Crippen LogP contribution in [0.3, 0.4) is 0 Å². The molecule has 142 valence electrons. The van der Waals surface area contributed by atoms with E-state index in [0.29, 0.717) is 17.3 Å². The minimum absolute atomic E-state index is 0.0308. The summed E-state index contributed by atoms with van der Waals surface area (Å²) in [5, 5.41) is 3.24. The molecular formula is C18H19N3O4S2. The van der Waals surface area contributed by atoms with Gasteiger partial charge >= 0.3 is 0 Å². The molecule has 0 saturated heterocycles. The van der Waals surface area contributed by atoms with Gasteiger partial charge in [0.2, 0.25) is 15.9 Å². The maximum Gasteiger partial charge on any atom is 0.244 e. The highest BCUT2D eigenvalue weighted by Crippen LogP contribution is 2.28. The van der Waals surface area contributed by atoms with E-state index in [0.717, 1.165) is 10.2 Å². The number of rotatable bonds is 7. The fourth-order valence-corrected chi connectivity index (χ4v) is 4.66. The molecule has 0 spiro atoms. The summed E-state index contributed by atoms with van der Waals surface area (Å²) < 4.78 is 34.6. The standard InChI is InChI=1S/C18H19N3O4S2/c1-3-25-15-9-8-13(20-12(2)22)10-17(15)27(23,24)19-11-18-21-14-6-4-5-7-16(14)26-18/h4-10,19H,3,11H2,1-2H3,(H,20,22). The first-order chi connectivity index (χ1) is 12.9. The number of thiazole rings is 1. The van der Waals surface area contributed by atoms with Gasteiger partial charge in [-0.05, 0) is 37.3 Å². The Hall–Kier alpha value is -2.49. The van der Waals surface area contributed by atoms with Crippen LogP contribution in [0.15, 0.2) is 47.4 Å². The Kier molecular flexibility index (Phi) is 5.73. The third-order valence-electron chi connectivity index (χ3n) is 3.61. The van der Waals surface area contributed by atoms with Crippen molar-refractivity contribution in [1.82, 2.24) is 9.71 Å². The van der Waals surface area contributed by atoms with Crippen LogP contribution in [-0.4, -0.2) is 25.9 Å². The molecule has 0 bridgehead atoms. The van der Waals surface area contributed by atoms with Gasteiger partial charge in [-0.2, -0.15) is 0 Å². The van der Waals surface area contributed by atoms with E-state index >= 15 is 0 Å². The van der Waals surface area contributed by atoms with Crippen molar-refractivity contribution >= 4 is 43.2 Å². The molecule has 1 heterocycles. The molecule has 1 amide bonds. The third kappa shape index (κ3) is 4.62. The van der Waals surface area contributed by atoms with Gasteiger partial charge in [0, 0.05) is 12.6 Å². The van der Waals surface area contributed by atoms with Crippen LogP contribution >= 0.6 is 11.3 Å². The number of fused-ring (bicyclic) bond motifs is 1. The molecule has 0 atom stereocenters. The van der Waals surface area contributed by atoms with Crippen LogP contribution in [-0.2, 0) is 21.4 Å². The first-order valence-corrected chi connectivity index (χ1v) is 10.6. The van der Waals surface area contributed by atoms with Crippen molar-refractivity contribution in [2.24, 2.45) is 0 Å². The molecule has 0 saturated carbocycles. The Bertz CT molecular complexity index is 1040. The van der Waals surface area contributed by atoms with E-state index in [-0.39, 0.29) is 23.1 Å². The molecule has 27 heavy (non-hydrogen) atoms. The number of ether oxygens (including phenoxy) is 1. The molecule has 7 nitrogen and oxygen atoms in total. The summed E-state index contributed by atoms with van der Waals surface area (Å²) in [5.74, 6) is -0.0617. The van der Waals surface area contributed by atoms with E-state index in [1.54, 1.807) is 13.0 Å². The number of nitrogens with zero attached hydrogens (tertiary/aromatic N) is 1. The monoisotopic (exact) mass is 405 g/mol. The van der Waals surface area contributed by atoms with Crippen LogP contribution in [0.1, 0.15) is 18.9 Å². The quantitative estimate of drug-likeness (QED) is 0.629. The zero-order chi connectivity index (χ0) is 19.4. The Morgan fingerprint density at radius 3 is 2.70 bits per heavy atom. The molecule has 0 aliphatic rings. The molecule has 0 unspecified atom stereocenters. The summed E-state index contributed by atoms with van der Waals surface area (Å²) in [4.78, 5) is 15.7. The number of aromatic nitrogens is 1. The summed E-state index contributed by atoms with van der Waals surface area (Å²) >= 11 is 1.43. The average molecular weight is 406 g/mol. The number of amides is 1. The van der Waals surface area contributed by atoms with Crippen molar-refractivity contribution in [2.75, 3.05) is 11.9 Å². The SMILES string of the molecule is CCOc1ccc(NC(C)=O)cc1S(=O)(=O)NCc1nc2ccccc2s1. The maximum atomic E-state index is 12.8. The minimum atomic E-state index is -3.87. The van der Waals surface area contributed by atoms with Gasteiger partial charge in [0.05, 0.1) is 23.4 Å². The Morgan fingerprint density at radius 1 is 1.22 bits per heavy atom. The number of carbonyl (C=O) groups is 1. The molecule has 0 radical (unpaired) electrons. The van der Waals surface area contributed by atoms with Crippen molar-refractivity contribution in [3.63, 3.8) is 0 Å². The van der Waals surface area contributed by atoms with Crippen molar-refractivity contribution in [3.8, 4) is 5.75 Å². The molecule has 0 aliphatic carbocycles. The van der Waals surface area contributed by atoms with Crippen LogP contribution in [0.25, 0.3) is 10.2 Å². The predicted molar refractivity (Wildman–Crippen MR) is 106 cm³/mol. The second-order valence-electron chi connectivity index (χ2n) is 5.68. The number of hydrogen-bond donors (Lipinski definition) is 2. The summed E-state index contributed by atoms with van der Waals surface area (Å²) in [6, 6.07) is 12.1. The second-order valence-corrected chi connectivity index (χ2v) is 8.53. The third-order valence-corrected chi connectivity index (χ3v) is 6.06. The Balaban J connectivity index is 1.86. The first kappa shape index (κ1) is 19.3. The minimum Gasteiger partial charge on any atom is -0.492 e. The average Bonchev–Trinajstić information content (AvgIpc) is 3.04. The number of para-hydroxylation sites is 1. The van der Waals surface area contributed by atoms with Crippen molar-refractivity contribution < 1.29 is 17.9 Å². The summed E-state index contributed by atoms with van der Waals surface area (Å²) in [6.07, 6.45) is 0. The zero-order valence-electron chi connectivity index (χ0n) is 14.9. The normalized spacial score (nSPS) is 11.5. The number of anilines is 1. The lowest BCUT2D eigenvalue weighted by molar-refractivity contribution is -0.114. The van der Waals surface area contributed by atoms with E-state index in [9.17, 15) is 13.2 Å². The largest absolute Gasteiger partial charge is 0.492 e. The van der Waals surface area contributed by atoms with E-state index in [4.69, 9.17) is 4.74 Å². The van der Waals surface area contributed by atoms with Crippen LogP contribution in [0, 0.1) is 0 Å². The maximum absolute atomic E-state index is 12.8. The number of hydrogen-bond acceptors (Lipinski definition) is 6. The summed E-state index contributed by atoms with van der Waals surface area (Å²) in [6.45, 7) is 3.51. The van der Waals surface area contributed by atoms with Gasteiger partial charge in [-0.3, -0.25) is 4.79 Å². The van der Waals surface area contributed by atoms with Crippen molar-refractivity contribution in [3.05, 3.63) is 47.5 Å². The van der Waals surface area contributed by atoms with Gasteiger partial charge in [-0.25, -0.2) is 18.1 Å². The second kappa shape index (κ2) is 8.03. The van der Waals surface area contributed by atoms with Crippen LogP contribution in [0.4, 0.5) is 5.69 Å². The van der Waals surface area contributed by atoms with Crippen LogP contribution in [0.2, 0.25) is 0 Å². The topological polar surface area (TPSA) is 97.4 Å². The summed E-state index contributed by atoms with van der Waals surface area (Å²) in [5.41, 5.74) is 1.21. The molecule has 9 heteroatoms. The number of nitrogens with one attached hydrogen (secondary N) is 2. The van der Waals surface area contributed by atoms with E-state index in [1.165, 1.54) is 30.4 Å². The number of sulfonamides is 1. The Morgan fingerprint density at radius 2 is 2.00 bits per heavy atom.